The number of nitrogens with one attached hydrogen (secondary N) is 2. The molecule has 1 aromatic rings. The van der Waals surface area contributed by atoms with Crippen LogP contribution in [0.3, 0.4) is 0 Å². The maximum absolute atomic E-state index is 12.9. The molecule has 1 spiro atoms. The van der Waals surface area contributed by atoms with Gasteiger partial charge in [0.05, 0.1) is 12.3 Å². The van der Waals surface area contributed by atoms with Gasteiger partial charge >= 0.3 is 6.03 Å². The predicted molar refractivity (Wildman–Crippen MR) is 98.8 cm³/mol. The van der Waals surface area contributed by atoms with Gasteiger partial charge in [0.2, 0.25) is 5.91 Å². The van der Waals surface area contributed by atoms with Crippen LogP contribution in [0.5, 0.6) is 0 Å². The topological polar surface area (TPSA) is 94.9 Å². The molecule has 148 valence electrons. The van der Waals surface area contributed by atoms with Crippen molar-refractivity contribution < 1.29 is 18.8 Å². The molecule has 2 aliphatic rings. The standard InChI is InChI=1S/C19H28N4O4/c1-13-7-4-5-9-19(13)17(25)23(18(26)21-19)12-16(24)20-11-14(22(2)3)15-8-6-10-27-15/h6,8,10,13-14H,4-5,7,9,11-12H2,1-3H3,(H,20,24)(H,21,26). The van der Waals surface area contributed by atoms with Crippen molar-refractivity contribution in [3.63, 3.8) is 0 Å². The molecule has 8 heteroatoms. The van der Waals surface area contributed by atoms with Crippen LogP contribution >= 0.6 is 0 Å². The van der Waals surface area contributed by atoms with Crippen LogP contribution in [0.15, 0.2) is 22.8 Å². The first-order valence-corrected chi connectivity index (χ1v) is 9.46. The normalized spacial score (nSPS) is 26.5. The van der Waals surface area contributed by atoms with E-state index in [4.69, 9.17) is 4.42 Å². The lowest BCUT2D eigenvalue weighted by Crippen LogP contribution is -2.54. The number of likely N-dealkylation sites (N-methyl/N-ethyl adjacent to an activating group) is 1. The summed E-state index contributed by atoms with van der Waals surface area (Å²) in [5.41, 5.74) is -0.837. The third kappa shape index (κ3) is 3.71. The van der Waals surface area contributed by atoms with Gasteiger partial charge in [0, 0.05) is 6.54 Å². The zero-order valence-electron chi connectivity index (χ0n) is 16.2. The molecule has 2 N–H and O–H groups in total. The molecule has 1 aliphatic carbocycles. The summed E-state index contributed by atoms with van der Waals surface area (Å²) in [6, 6.07) is 3.05. The van der Waals surface area contributed by atoms with Crippen molar-refractivity contribution in [1.82, 2.24) is 20.4 Å². The minimum atomic E-state index is -0.837. The van der Waals surface area contributed by atoms with Crippen molar-refractivity contribution in [3.05, 3.63) is 24.2 Å². The summed E-state index contributed by atoms with van der Waals surface area (Å²) in [5, 5.41) is 5.67. The Balaban J connectivity index is 1.60. The van der Waals surface area contributed by atoms with Crippen LogP contribution < -0.4 is 10.6 Å². The SMILES string of the molecule is CC1CCCCC12NC(=O)N(CC(=O)NCC(c1ccco1)N(C)C)C2=O. The Morgan fingerprint density at radius 2 is 2.22 bits per heavy atom. The van der Waals surface area contributed by atoms with Gasteiger partial charge in [-0.3, -0.25) is 19.4 Å². The fourth-order valence-corrected chi connectivity index (χ4v) is 4.07. The maximum atomic E-state index is 12.9. The quantitative estimate of drug-likeness (QED) is 0.734. The molecule has 2 fully saturated rings. The molecule has 4 amide bonds. The van der Waals surface area contributed by atoms with Gasteiger partial charge in [0.25, 0.3) is 5.91 Å². The highest BCUT2D eigenvalue weighted by atomic mass is 16.3. The number of hydrogen-bond acceptors (Lipinski definition) is 5. The summed E-state index contributed by atoms with van der Waals surface area (Å²) in [7, 11) is 3.79. The summed E-state index contributed by atoms with van der Waals surface area (Å²) < 4.78 is 5.42. The summed E-state index contributed by atoms with van der Waals surface area (Å²) in [4.78, 5) is 40.7. The molecular formula is C19H28N4O4. The van der Waals surface area contributed by atoms with Gasteiger partial charge in [0.15, 0.2) is 0 Å². The summed E-state index contributed by atoms with van der Waals surface area (Å²) >= 11 is 0. The second-order valence-electron chi connectivity index (χ2n) is 7.74. The Morgan fingerprint density at radius 1 is 1.44 bits per heavy atom. The van der Waals surface area contributed by atoms with Crippen molar-refractivity contribution in [2.24, 2.45) is 5.92 Å². The molecule has 0 radical (unpaired) electrons. The lowest BCUT2D eigenvalue weighted by Gasteiger charge is -2.36. The summed E-state index contributed by atoms with van der Waals surface area (Å²) in [6.07, 6.45) is 5.10. The van der Waals surface area contributed by atoms with E-state index in [1.54, 1.807) is 12.3 Å². The van der Waals surface area contributed by atoms with Crippen LogP contribution in [0.2, 0.25) is 0 Å². The van der Waals surface area contributed by atoms with E-state index < -0.39 is 11.6 Å². The molecule has 3 unspecified atom stereocenters. The number of rotatable bonds is 6. The van der Waals surface area contributed by atoms with E-state index in [0.29, 0.717) is 13.0 Å². The second kappa shape index (κ2) is 7.72. The first kappa shape index (κ1) is 19.4. The third-order valence-corrected chi connectivity index (χ3v) is 5.79. The van der Waals surface area contributed by atoms with Gasteiger partial charge in [-0.15, -0.1) is 0 Å². The van der Waals surface area contributed by atoms with E-state index in [9.17, 15) is 14.4 Å². The molecular weight excluding hydrogens is 348 g/mol. The van der Waals surface area contributed by atoms with Gasteiger partial charge in [-0.1, -0.05) is 19.8 Å². The number of carbonyl (C=O) groups is 3. The van der Waals surface area contributed by atoms with Gasteiger partial charge in [0.1, 0.15) is 17.8 Å². The highest BCUT2D eigenvalue weighted by Crippen LogP contribution is 2.38. The highest BCUT2D eigenvalue weighted by molar-refractivity contribution is 6.09. The number of nitrogens with zero attached hydrogens (tertiary/aromatic N) is 2. The van der Waals surface area contributed by atoms with Crippen LogP contribution in [-0.2, 0) is 9.59 Å². The summed E-state index contributed by atoms with van der Waals surface area (Å²) in [5.74, 6) is 0.181. The lowest BCUT2D eigenvalue weighted by molar-refractivity contribution is -0.137. The van der Waals surface area contributed by atoms with Crippen molar-refractivity contribution in [3.8, 4) is 0 Å². The largest absolute Gasteiger partial charge is 0.468 e. The van der Waals surface area contributed by atoms with Gasteiger partial charge in [-0.05, 0) is 45.0 Å². The number of furan rings is 1. The molecule has 2 heterocycles. The van der Waals surface area contributed by atoms with E-state index in [1.165, 1.54) is 0 Å². The minimum Gasteiger partial charge on any atom is -0.468 e. The van der Waals surface area contributed by atoms with Crippen molar-refractivity contribution >= 4 is 17.8 Å². The average Bonchev–Trinajstić information content (AvgIpc) is 3.21. The second-order valence-corrected chi connectivity index (χ2v) is 7.74. The molecule has 1 saturated heterocycles. The van der Waals surface area contributed by atoms with E-state index in [1.807, 2.05) is 32.0 Å². The smallest absolute Gasteiger partial charge is 0.325 e. The average molecular weight is 376 g/mol. The predicted octanol–water partition coefficient (Wildman–Crippen LogP) is 1.50. The van der Waals surface area contributed by atoms with Crippen LogP contribution in [0.1, 0.15) is 44.4 Å². The lowest BCUT2D eigenvalue weighted by atomic mass is 9.73. The first-order chi connectivity index (χ1) is 12.8. The fraction of sp³-hybridized carbons (Fsp3) is 0.632. The number of carbonyl (C=O) groups excluding carboxylic acids is 3. The molecule has 0 bridgehead atoms. The molecule has 1 aliphatic heterocycles. The van der Waals surface area contributed by atoms with Crippen LogP contribution in [0.4, 0.5) is 4.79 Å². The molecule has 3 atom stereocenters. The van der Waals surface area contributed by atoms with Gasteiger partial charge in [-0.25, -0.2) is 4.79 Å². The molecule has 27 heavy (non-hydrogen) atoms. The van der Waals surface area contributed by atoms with Crippen molar-refractivity contribution in [2.75, 3.05) is 27.2 Å². The van der Waals surface area contributed by atoms with Crippen LogP contribution in [0, 0.1) is 5.92 Å². The third-order valence-electron chi connectivity index (χ3n) is 5.79. The van der Waals surface area contributed by atoms with E-state index in [0.717, 1.165) is 29.9 Å². The number of urea groups is 1. The Hall–Kier alpha value is -2.35. The molecule has 3 rings (SSSR count). The zero-order chi connectivity index (χ0) is 19.6. The Morgan fingerprint density at radius 3 is 2.85 bits per heavy atom. The van der Waals surface area contributed by atoms with E-state index in [2.05, 4.69) is 10.6 Å². The monoisotopic (exact) mass is 376 g/mol. The number of imide groups is 1. The highest BCUT2D eigenvalue weighted by Gasteiger charge is 2.55. The van der Waals surface area contributed by atoms with E-state index >= 15 is 0 Å². The van der Waals surface area contributed by atoms with Crippen molar-refractivity contribution in [1.29, 1.82) is 0 Å². The fourth-order valence-electron chi connectivity index (χ4n) is 4.07. The molecule has 8 nitrogen and oxygen atoms in total. The summed E-state index contributed by atoms with van der Waals surface area (Å²) in [6.45, 7) is 2.05. The Labute approximate surface area is 159 Å². The molecule has 0 aromatic carbocycles. The number of hydrogen-bond donors (Lipinski definition) is 2. The Kier molecular flexibility index (Phi) is 5.55. The molecule has 1 aromatic heterocycles. The van der Waals surface area contributed by atoms with Gasteiger partial charge in [-0.2, -0.15) is 0 Å². The number of amides is 4. The minimum absolute atomic E-state index is 0.0767. The Bertz CT molecular complexity index is 703. The van der Waals surface area contributed by atoms with E-state index in [-0.39, 0.29) is 30.3 Å². The first-order valence-electron chi connectivity index (χ1n) is 9.46. The zero-order valence-corrected chi connectivity index (χ0v) is 16.2. The maximum Gasteiger partial charge on any atom is 0.325 e. The van der Waals surface area contributed by atoms with Crippen molar-refractivity contribution in [2.45, 2.75) is 44.2 Å². The van der Waals surface area contributed by atoms with Crippen LogP contribution in [-0.4, -0.2) is 60.4 Å². The van der Waals surface area contributed by atoms with Gasteiger partial charge < -0.3 is 15.1 Å². The molecule has 1 saturated carbocycles. The van der Waals surface area contributed by atoms with Crippen LogP contribution in [0.25, 0.3) is 0 Å².